The molecule has 0 unspecified atom stereocenters. The van der Waals surface area contributed by atoms with Gasteiger partial charge in [-0.2, -0.15) is 0 Å². The monoisotopic (exact) mass is 391 g/mol. The van der Waals surface area contributed by atoms with Crippen LogP contribution in [-0.4, -0.2) is 41.0 Å². The third-order valence-electron chi connectivity index (χ3n) is 4.13. The molecule has 0 atom stereocenters. The van der Waals surface area contributed by atoms with Crippen molar-refractivity contribution in [2.45, 2.75) is 6.54 Å². The fraction of sp³-hybridized carbons (Fsp3) is 0.312. The summed E-state index contributed by atoms with van der Waals surface area (Å²) in [5.41, 5.74) is 7.38. The highest BCUT2D eigenvalue weighted by molar-refractivity contribution is 9.10. The van der Waals surface area contributed by atoms with Gasteiger partial charge >= 0.3 is 5.69 Å². The first kappa shape index (κ1) is 16.7. The molecule has 0 spiro atoms. The van der Waals surface area contributed by atoms with Gasteiger partial charge < -0.3 is 10.6 Å². The SMILES string of the molecule is Nc1ncc(Br)c(N2CCN(Cc3ccccc3)CC2)c1[N+](=O)[O-]. The van der Waals surface area contributed by atoms with E-state index in [1.165, 1.54) is 11.8 Å². The Morgan fingerprint density at radius 2 is 1.88 bits per heavy atom. The van der Waals surface area contributed by atoms with Crippen LogP contribution in [0.25, 0.3) is 0 Å². The highest BCUT2D eigenvalue weighted by atomic mass is 79.9. The highest BCUT2D eigenvalue weighted by Gasteiger charge is 2.29. The molecule has 1 aliphatic rings. The zero-order chi connectivity index (χ0) is 17.1. The lowest BCUT2D eigenvalue weighted by Gasteiger charge is -2.36. The molecule has 2 N–H and O–H groups in total. The van der Waals surface area contributed by atoms with Gasteiger partial charge in [0.2, 0.25) is 5.82 Å². The first-order valence-corrected chi connectivity index (χ1v) is 8.45. The highest BCUT2D eigenvalue weighted by Crippen LogP contribution is 2.39. The first-order chi connectivity index (χ1) is 11.6. The minimum atomic E-state index is -0.460. The van der Waals surface area contributed by atoms with E-state index in [1.54, 1.807) is 0 Å². The maximum atomic E-state index is 11.4. The molecule has 0 radical (unpaired) electrons. The van der Waals surface area contributed by atoms with E-state index in [1.807, 2.05) is 23.1 Å². The van der Waals surface area contributed by atoms with E-state index < -0.39 is 4.92 Å². The second-order valence-electron chi connectivity index (χ2n) is 5.69. The number of hydrogen-bond donors (Lipinski definition) is 1. The van der Waals surface area contributed by atoms with E-state index in [0.717, 1.165) is 19.6 Å². The normalized spacial score (nSPS) is 15.5. The maximum absolute atomic E-state index is 11.4. The second kappa shape index (κ2) is 7.14. The molecule has 1 saturated heterocycles. The van der Waals surface area contributed by atoms with Gasteiger partial charge in [-0.05, 0) is 21.5 Å². The third-order valence-corrected chi connectivity index (χ3v) is 4.71. The minimum Gasteiger partial charge on any atom is -0.378 e. The minimum absolute atomic E-state index is 0.0510. The van der Waals surface area contributed by atoms with Crippen LogP contribution in [0, 0.1) is 10.1 Å². The molecule has 0 aliphatic carbocycles. The van der Waals surface area contributed by atoms with E-state index >= 15 is 0 Å². The Bertz CT molecular complexity index is 733. The van der Waals surface area contributed by atoms with Gasteiger partial charge in [0.1, 0.15) is 5.69 Å². The summed E-state index contributed by atoms with van der Waals surface area (Å²) in [5, 5.41) is 11.4. The molecule has 2 aromatic rings. The van der Waals surface area contributed by atoms with Crippen molar-refractivity contribution >= 4 is 33.1 Å². The number of nitrogens with zero attached hydrogens (tertiary/aromatic N) is 4. The van der Waals surface area contributed by atoms with Crippen molar-refractivity contribution in [3.63, 3.8) is 0 Å². The molecule has 8 heteroatoms. The van der Waals surface area contributed by atoms with E-state index in [9.17, 15) is 10.1 Å². The molecule has 7 nitrogen and oxygen atoms in total. The summed E-state index contributed by atoms with van der Waals surface area (Å²) in [6.07, 6.45) is 1.52. The second-order valence-corrected chi connectivity index (χ2v) is 6.55. The standard InChI is InChI=1S/C16H18BrN5O2/c17-13-10-19-16(18)15(22(23)24)14(13)21-8-6-20(7-9-21)11-12-4-2-1-3-5-12/h1-5,10H,6-9,11H2,(H2,18,19). The van der Waals surface area contributed by atoms with Gasteiger partial charge in [0.15, 0.2) is 0 Å². The number of nitrogen functional groups attached to an aromatic ring is 1. The number of nitrogens with two attached hydrogens (primary N) is 1. The quantitative estimate of drug-likeness (QED) is 0.636. The van der Waals surface area contributed by atoms with Crippen LogP contribution in [0.4, 0.5) is 17.2 Å². The molecule has 1 aromatic heterocycles. The number of pyridine rings is 1. The van der Waals surface area contributed by atoms with Crippen molar-refractivity contribution in [3.05, 3.63) is 56.7 Å². The van der Waals surface area contributed by atoms with Crippen molar-refractivity contribution in [3.8, 4) is 0 Å². The molecule has 1 fully saturated rings. The number of nitro groups is 1. The summed E-state index contributed by atoms with van der Waals surface area (Å²) >= 11 is 3.38. The molecule has 3 rings (SSSR count). The van der Waals surface area contributed by atoms with Crippen molar-refractivity contribution < 1.29 is 4.92 Å². The van der Waals surface area contributed by atoms with Crippen LogP contribution in [0.2, 0.25) is 0 Å². The maximum Gasteiger partial charge on any atom is 0.335 e. The fourth-order valence-corrected chi connectivity index (χ4v) is 3.48. The number of piperazine rings is 1. The van der Waals surface area contributed by atoms with Crippen LogP contribution < -0.4 is 10.6 Å². The van der Waals surface area contributed by atoms with Crippen molar-refractivity contribution in [2.24, 2.45) is 0 Å². The van der Waals surface area contributed by atoms with Gasteiger partial charge in [-0.1, -0.05) is 30.3 Å². The van der Waals surface area contributed by atoms with Gasteiger partial charge in [0, 0.05) is 38.9 Å². The van der Waals surface area contributed by atoms with Gasteiger partial charge in [0.05, 0.1) is 9.40 Å². The molecular weight excluding hydrogens is 374 g/mol. The Kier molecular flexibility index (Phi) is 4.96. The summed E-state index contributed by atoms with van der Waals surface area (Å²) in [5.74, 6) is -0.0510. The Hall–Kier alpha value is -2.19. The molecule has 1 aromatic carbocycles. The van der Waals surface area contributed by atoms with Gasteiger partial charge in [-0.3, -0.25) is 15.0 Å². The van der Waals surface area contributed by atoms with Crippen LogP contribution in [0.5, 0.6) is 0 Å². The van der Waals surface area contributed by atoms with E-state index in [4.69, 9.17) is 5.73 Å². The number of hydrogen-bond acceptors (Lipinski definition) is 6. The summed E-state index contributed by atoms with van der Waals surface area (Å²) < 4.78 is 0.597. The molecule has 0 bridgehead atoms. The number of aromatic nitrogens is 1. The number of halogens is 1. The number of benzene rings is 1. The third kappa shape index (κ3) is 3.49. The van der Waals surface area contributed by atoms with Crippen molar-refractivity contribution in [2.75, 3.05) is 36.8 Å². The van der Waals surface area contributed by atoms with Crippen molar-refractivity contribution in [1.82, 2.24) is 9.88 Å². The van der Waals surface area contributed by atoms with E-state index in [2.05, 4.69) is 37.9 Å². The topological polar surface area (TPSA) is 88.5 Å². The Balaban J connectivity index is 1.73. The number of anilines is 2. The predicted octanol–water partition coefficient (Wildman–Crippen LogP) is 2.66. The Morgan fingerprint density at radius 3 is 2.50 bits per heavy atom. The molecule has 126 valence electrons. The van der Waals surface area contributed by atoms with Gasteiger partial charge in [-0.15, -0.1) is 0 Å². The van der Waals surface area contributed by atoms with Crippen LogP contribution in [0.3, 0.4) is 0 Å². The number of rotatable bonds is 4. The molecule has 0 amide bonds. The first-order valence-electron chi connectivity index (χ1n) is 7.66. The molecular formula is C16H18BrN5O2. The fourth-order valence-electron chi connectivity index (χ4n) is 2.93. The van der Waals surface area contributed by atoms with E-state index in [0.29, 0.717) is 23.2 Å². The van der Waals surface area contributed by atoms with Gasteiger partial charge in [-0.25, -0.2) is 4.98 Å². The summed E-state index contributed by atoms with van der Waals surface area (Å²) in [7, 11) is 0. The average molecular weight is 392 g/mol. The van der Waals surface area contributed by atoms with Crippen LogP contribution in [0.1, 0.15) is 5.56 Å². The predicted molar refractivity (Wildman–Crippen MR) is 96.9 cm³/mol. The van der Waals surface area contributed by atoms with Crippen LogP contribution in [0.15, 0.2) is 41.0 Å². The van der Waals surface area contributed by atoms with Crippen LogP contribution >= 0.6 is 15.9 Å². The smallest absolute Gasteiger partial charge is 0.335 e. The largest absolute Gasteiger partial charge is 0.378 e. The van der Waals surface area contributed by atoms with Crippen molar-refractivity contribution in [1.29, 1.82) is 0 Å². The molecule has 0 saturated carbocycles. The summed E-state index contributed by atoms with van der Waals surface area (Å²) in [4.78, 5) is 19.1. The van der Waals surface area contributed by atoms with Gasteiger partial charge in [0.25, 0.3) is 0 Å². The summed E-state index contributed by atoms with van der Waals surface area (Å²) in [6.45, 7) is 3.96. The Labute approximate surface area is 148 Å². The zero-order valence-corrected chi connectivity index (χ0v) is 14.6. The zero-order valence-electron chi connectivity index (χ0n) is 13.1. The molecule has 24 heavy (non-hydrogen) atoms. The molecule has 1 aliphatic heterocycles. The lowest BCUT2D eigenvalue weighted by molar-refractivity contribution is -0.383. The lowest BCUT2D eigenvalue weighted by atomic mass is 10.2. The average Bonchev–Trinajstić information content (AvgIpc) is 2.58. The molecule has 2 heterocycles. The van der Waals surface area contributed by atoms with Crippen LogP contribution in [-0.2, 0) is 6.54 Å². The van der Waals surface area contributed by atoms with E-state index in [-0.39, 0.29) is 11.5 Å². The summed E-state index contributed by atoms with van der Waals surface area (Å²) in [6, 6.07) is 10.3. The Morgan fingerprint density at radius 1 is 1.21 bits per heavy atom. The lowest BCUT2D eigenvalue weighted by Crippen LogP contribution is -2.46.